The maximum absolute atomic E-state index is 12.1. The van der Waals surface area contributed by atoms with E-state index in [9.17, 15) is 29.1 Å². The number of carboxylic acid groups (broad SMARTS) is 1. The number of carbonyl (C=O) groups is 5. The lowest BCUT2D eigenvalue weighted by Crippen LogP contribution is -2.37. The summed E-state index contributed by atoms with van der Waals surface area (Å²) >= 11 is 0. The number of carbonyl (C=O) groups excluding carboxylic acids is 4. The second-order valence-corrected chi connectivity index (χ2v) is 6.23. The third-order valence-electron chi connectivity index (χ3n) is 4.42. The normalized spacial score (nSPS) is 24.3. The maximum atomic E-state index is 12.1. The average molecular weight is 370 g/mol. The number of aliphatic carboxylic acids is 1. The third-order valence-corrected chi connectivity index (χ3v) is 4.42. The van der Waals surface area contributed by atoms with Crippen LogP contribution in [0.4, 0.5) is 0 Å². The van der Waals surface area contributed by atoms with E-state index in [1.165, 1.54) is 0 Å². The number of rotatable bonds is 8. The first-order valence-corrected chi connectivity index (χ1v) is 8.52. The van der Waals surface area contributed by atoms with Crippen LogP contribution in [0.15, 0.2) is 0 Å². The van der Waals surface area contributed by atoms with E-state index in [-0.39, 0.29) is 19.3 Å². The molecule has 2 aliphatic rings. The molecule has 0 aromatic heterocycles. The fourth-order valence-corrected chi connectivity index (χ4v) is 2.84. The van der Waals surface area contributed by atoms with E-state index in [0.29, 0.717) is 19.5 Å². The van der Waals surface area contributed by atoms with Crippen LogP contribution in [0.1, 0.15) is 32.6 Å². The molecule has 2 amide bonds. The van der Waals surface area contributed by atoms with Crippen LogP contribution in [0.2, 0.25) is 0 Å². The molecule has 0 spiro atoms. The van der Waals surface area contributed by atoms with E-state index in [4.69, 9.17) is 9.47 Å². The molecule has 4 atom stereocenters. The van der Waals surface area contributed by atoms with E-state index >= 15 is 0 Å². The van der Waals surface area contributed by atoms with Crippen LogP contribution in [0.25, 0.3) is 0 Å². The van der Waals surface area contributed by atoms with Crippen molar-refractivity contribution in [2.24, 2.45) is 11.8 Å². The second-order valence-electron chi connectivity index (χ2n) is 6.23. The Labute approximate surface area is 149 Å². The predicted octanol–water partition coefficient (Wildman–Crippen LogP) is -1.03. The van der Waals surface area contributed by atoms with Gasteiger partial charge in [0.25, 0.3) is 0 Å². The van der Waals surface area contributed by atoms with Crippen LogP contribution < -0.4 is 10.6 Å². The molecule has 2 heterocycles. The minimum Gasteiger partial charge on any atom is -0.479 e. The van der Waals surface area contributed by atoms with Gasteiger partial charge in [-0.05, 0) is 19.3 Å². The molecule has 2 saturated heterocycles. The van der Waals surface area contributed by atoms with Crippen molar-refractivity contribution >= 4 is 29.7 Å². The van der Waals surface area contributed by atoms with Crippen molar-refractivity contribution in [3.05, 3.63) is 0 Å². The first kappa shape index (κ1) is 19.7. The van der Waals surface area contributed by atoms with Gasteiger partial charge >= 0.3 is 17.9 Å². The summed E-state index contributed by atoms with van der Waals surface area (Å²) in [4.78, 5) is 58.5. The number of nitrogens with one attached hydrogen (secondary N) is 2. The SMILES string of the molecule is CCC(CC(OC(=O)C1CCNC1=O)C(=O)O)OC(=O)C1CCNC1=O. The summed E-state index contributed by atoms with van der Waals surface area (Å²) in [6, 6.07) is 0. The molecule has 26 heavy (non-hydrogen) atoms. The summed E-state index contributed by atoms with van der Waals surface area (Å²) in [7, 11) is 0. The molecule has 0 aliphatic carbocycles. The average Bonchev–Trinajstić information content (AvgIpc) is 3.21. The van der Waals surface area contributed by atoms with Gasteiger partial charge in [-0.25, -0.2) is 4.79 Å². The summed E-state index contributed by atoms with van der Waals surface area (Å²) in [5.41, 5.74) is 0. The van der Waals surface area contributed by atoms with Gasteiger partial charge < -0.3 is 25.2 Å². The summed E-state index contributed by atoms with van der Waals surface area (Å²) in [6.07, 6.45) is -1.79. The quantitative estimate of drug-likeness (QED) is 0.363. The Morgan fingerprint density at radius 1 is 1.04 bits per heavy atom. The molecule has 0 radical (unpaired) electrons. The zero-order chi connectivity index (χ0) is 19.3. The number of esters is 2. The van der Waals surface area contributed by atoms with Gasteiger partial charge in [0.1, 0.15) is 17.9 Å². The molecule has 10 heteroatoms. The van der Waals surface area contributed by atoms with Gasteiger partial charge in [0.2, 0.25) is 17.9 Å². The van der Waals surface area contributed by atoms with E-state index in [1.807, 2.05) is 0 Å². The second kappa shape index (κ2) is 8.63. The molecule has 4 unspecified atom stereocenters. The molecular weight excluding hydrogens is 348 g/mol. The number of carboxylic acids is 1. The van der Waals surface area contributed by atoms with Crippen molar-refractivity contribution in [3.8, 4) is 0 Å². The molecule has 0 saturated carbocycles. The van der Waals surface area contributed by atoms with Crippen LogP contribution in [-0.2, 0) is 33.4 Å². The van der Waals surface area contributed by atoms with E-state index < -0.39 is 53.8 Å². The topological polar surface area (TPSA) is 148 Å². The van der Waals surface area contributed by atoms with Crippen molar-refractivity contribution in [2.75, 3.05) is 13.1 Å². The lowest BCUT2D eigenvalue weighted by molar-refractivity contribution is -0.172. The number of ether oxygens (including phenoxy) is 2. The lowest BCUT2D eigenvalue weighted by atomic mass is 10.1. The summed E-state index contributed by atoms with van der Waals surface area (Å²) in [5, 5.41) is 14.3. The largest absolute Gasteiger partial charge is 0.479 e. The molecule has 144 valence electrons. The van der Waals surface area contributed by atoms with Gasteiger partial charge in [-0.2, -0.15) is 0 Å². The summed E-state index contributed by atoms with van der Waals surface area (Å²) in [6.45, 7) is 2.39. The molecule has 10 nitrogen and oxygen atoms in total. The van der Waals surface area contributed by atoms with Gasteiger partial charge in [-0.3, -0.25) is 19.2 Å². The molecular formula is C16H22N2O8. The fourth-order valence-electron chi connectivity index (χ4n) is 2.84. The van der Waals surface area contributed by atoms with Crippen LogP contribution in [0.5, 0.6) is 0 Å². The van der Waals surface area contributed by atoms with E-state index in [1.54, 1.807) is 6.92 Å². The number of amides is 2. The highest BCUT2D eigenvalue weighted by Crippen LogP contribution is 2.19. The summed E-state index contributed by atoms with van der Waals surface area (Å²) < 4.78 is 10.2. The zero-order valence-corrected chi connectivity index (χ0v) is 14.4. The molecule has 0 aromatic rings. The fraction of sp³-hybridized carbons (Fsp3) is 0.688. The van der Waals surface area contributed by atoms with Crippen molar-refractivity contribution in [3.63, 3.8) is 0 Å². The van der Waals surface area contributed by atoms with Gasteiger partial charge in [0.05, 0.1) is 0 Å². The molecule has 2 aliphatic heterocycles. The van der Waals surface area contributed by atoms with Gasteiger partial charge in [-0.15, -0.1) is 0 Å². The van der Waals surface area contributed by atoms with Crippen molar-refractivity contribution < 1.29 is 38.6 Å². The van der Waals surface area contributed by atoms with Crippen molar-refractivity contribution in [1.29, 1.82) is 0 Å². The minimum atomic E-state index is -1.55. The first-order valence-electron chi connectivity index (χ1n) is 8.52. The highest BCUT2D eigenvalue weighted by Gasteiger charge is 2.38. The first-order chi connectivity index (χ1) is 12.3. The third kappa shape index (κ3) is 4.70. The Balaban J connectivity index is 1.94. The van der Waals surface area contributed by atoms with Crippen molar-refractivity contribution in [2.45, 2.75) is 44.8 Å². The minimum absolute atomic E-state index is 0.243. The molecule has 2 fully saturated rings. The van der Waals surface area contributed by atoms with Gasteiger partial charge in [0.15, 0.2) is 0 Å². The van der Waals surface area contributed by atoms with Crippen LogP contribution >= 0.6 is 0 Å². The van der Waals surface area contributed by atoms with Crippen LogP contribution in [-0.4, -0.2) is 60.1 Å². The molecule has 0 bridgehead atoms. The Bertz CT molecular complexity index is 605. The zero-order valence-electron chi connectivity index (χ0n) is 14.4. The standard InChI is InChI=1S/C16H22N2O8/c1-2-8(25-15(23)9-3-5-17-12(9)19)7-11(14(21)22)26-16(24)10-4-6-18-13(10)20/h8-11H,2-7H2,1H3,(H,17,19)(H,18,20)(H,21,22). The van der Waals surface area contributed by atoms with E-state index in [0.717, 1.165) is 0 Å². The molecule has 3 N–H and O–H groups in total. The number of hydrogen-bond acceptors (Lipinski definition) is 7. The Morgan fingerprint density at radius 2 is 1.54 bits per heavy atom. The Kier molecular flexibility index (Phi) is 6.53. The summed E-state index contributed by atoms with van der Waals surface area (Å²) in [5.74, 6) is -5.88. The predicted molar refractivity (Wildman–Crippen MR) is 84.5 cm³/mol. The molecule has 0 aromatic carbocycles. The number of hydrogen-bond donors (Lipinski definition) is 3. The van der Waals surface area contributed by atoms with Crippen LogP contribution in [0.3, 0.4) is 0 Å². The van der Waals surface area contributed by atoms with Crippen LogP contribution in [0, 0.1) is 11.8 Å². The monoisotopic (exact) mass is 370 g/mol. The van der Waals surface area contributed by atoms with Crippen molar-refractivity contribution in [1.82, 2.24) is 10.6 Å². The Morgan fingerprint density at radius 3 is 1.92 bits per heavy atom. The van der Waals surface area contributed by atoms with Gasteiger partial charge in [0, 0.05) is 19.5 Å². The molecule has 2 rings (SSSR count). The highest BCUT2D eigenvalue weighted by molar-refractivity contribution is 6.00. The Hall–Kier alpha value is -2.65. The lowest BCUT2D eigenvalue weighted by Gasteiger charge is -2.22. The van der Waals surface area contributed by atoms with Gasteiger partial charge in [-0.1, -0.05) is 6.92 Å². The van der Waals surface area contributed by atoms with E-state index in [2.05, 4.69) is 10.6 Å². The highest BCUT2D eigenvalue weighted by atomic mass is 16.6. The maximum Gasteiger partial charge on any atom is 0.345 e. The smallest absolute Gasteiger partial charge is 0.345 e.